The first-order chi connectivity index (χ1) is 5.74. The van der Waals surface area contributed by atoms with E-state index in [1.165, 1.54) is 0 Å². The quantitative estimate of drug-likeness (QED) is 0.452. The highest BCUT2D eigenvalue weighted by atomic mass is 79.9. The Balaban J connectivity index is 4.52. The van der Waals surface area contributed by atoms with Crippen LogP contribution in [0.1, 0.15) is 0 Å². The summed E-state index contributed by atoms with van der Waals surface area (Å²) in [7, 11) is -5.54. The van der Waals surface area contributed by atoms with Crippen LogP contribution < -0.4 is 0 Å². The van der Waals surface area contributed by atoms with Crippen LogP contribution in [0.2, 0.25) is 0 Å². The first kappa shape index (κ1) is 13.5. The third kappa shape index (κ3) is 4.01. The van der Waals surface area contributed by atoms with Crippen molar-refractivity contribution in [2.75, 3.05) is 11.2 Å². The third-order valence-corrected chi connectivity index (χ3v) is 3.05. The fraction of sp³-hybridized carbons (Fsp3) is 1.00. The molecule has 0 aromatic heterocycles. The van der Waals surface area contributed by atoms with Gasteiger partial charge in [-0.2, -0.15) is 21.6 Å². The number of alkyl halides is 5. The monoisotopic (exact) mass is 304 g/mol. The number of hydrogen-bond donors (Lipinski definition) is 0. The first-order valence-electron chi connectivity index (χ1n) is 2.86. The lowest BCUT2D eigenvalue weighted by molar-refractivity contribution is -0.0560. The lowest BCUT2D eigenvalue weighted by atomic mass is 10.5. The van der Waals surface area contributed by atoms with E-state index in [9.17, 15) is 21.6 Å². The minimum atomic E-state index is -5.54. The van der Waals surface area contributed by atoms with Crippen molar-refractivity contribution in [1.82, 2.24) is 0 Å². The standard InChI is InChI=1S/C4H5BrClF3O3S/c5-1-3(2-6)12-13(10,11)4(7,8)9/h3H,1-2H2/t3-/m1/s1. The second-order valence-corrected chi connectivity index (χ2v) is 4.45. The van der Waals surface area contributed by atoms with Crippen molar-refractivity contribution in [1.29, 1.82) is 0 Å². The summed E-state index contributed by atoms with van der Waals surface area (Å²) in [6, 6.07) is 0. The molecule has 0 rings (SSSR count). The van der Waals surface area contributed by atoms with E-state index in [2.05, 4.69) is 20.1 Å². The predicted molar refractivity (Wildman–Crippen MR) is 44.4 cm³/mol. The molecule has 0 bridgehead atoms. The van der Waals surface area contributed by atoms with Crippen LogP contribution in [0.15, 0.2) is 0 Å². The van der Waals surface area contributed by atoms with Gasteiger partial charge in [-0.15, -0.1) is 11.6 Å². The SMILES string of the molecule is O=S(=O)(O[C@@H](CCl)CBr)C(F)(F)F. The molecule has 3 nitrogen and oxygen atoms in total. The molecule has 0 aliphatic rings. The molecule has 0 aromatic rings. The van der Waals surface area contributed by atoms with Crippen molar-refractivity contribution < 1.29 is 25.8 Å². The lowest BCUT2D eigenvalue weighted by Crippen LogP contribution is -2.31. The van der Waals surface area contributed by atoms with Crippen LogP contribution in [0, 0.1) is 0 Å². The highest BCUT2D eigenvalue weighted by molar-refractivity contribution is 9.09. The van der Waals surface area contributed by atoms with Crippen LogP contribution in [0.3, 0.4) is 0 Å². The summed E-state index contributed by atoms with van der Waals surface area (Å²) in [6.45, 7) is 0. The lowest BCUT2D eigenvalue weighted by Gasteiger charge is -2.13. The van der Waals surface area contributed by atoms with Crippen molar-refractivity contribution in [3.63, 3.8) is 0 Å². The average Bonchev–Trinajstić information content (AvgIpc) is 1.98. The predicted octanol–water partition coefficient (Wildman–Crippen LogP) is 1.85. The zero-order chi connectivity index (χ0) is 10.7. The average molecular weight is 305 g/mol. The summed E-state index contributed by atoms with van der Waals surface area (Å²) in [5.41, 5.74) is -5.40. The highest BCUT2D eigenvalue weighted by Gasteiger charge is 2.48. The summed E-state index contributed by atoms with van der Waals surface area (Å²) < 4.78 is 59.6. The fourth-order valence-corrected chi connectivity index (χ4v) is 1.98. The molecule has 0 aromatic carbocycles. The Bertz CT molecular complexity index is 248. The smallest absolute Gasteiger partial charge is 0.258 e. The van der Waals surface area contributed by atoms with Crippen molar-refractivity contribution in [3.05, 3.63) is 0 Å². The maximum atomic E-state index is 11.7. The minimum absolute atomic E-state index is 0.0915. The molecule has 0 aliphatic heterocycles. The van der Waals surface area contributed by atoms with Gasteiger partial charge in [0.05, 0.1) is 5.88 Å². The van der Waals surface area contributed by atoms with Gasteiger partial charge in [0.25, 0.3) is 0 Å². The van der Waals surface area contributed by atoms with E-state index >= 15 is 0 Å². The van der Waals surface area contributed by atoms with Gasteiger partial charge in [-0.1, -0.05) is 15.9 Å². The summed E-state index contributed by atoms with van der Waals surface area (Å²) in [4.78, 5) is 0. The zero-order valence-corrected chi connectivity index (χ0v) is 9.17. The van der Waals surface area contributed by atoms with E-state index in [0.29, 0.717) is 0 Å². The molecule has 0 unspecified atom stereocenters. The Labute approximate surface area is 86.4 Å². The van der Waals surface area contributed by atoms with Crippen LogP contribution in [-0.4, -0.2) is 31.2 Å². The molecule has 0 saturated heterocycles. The number of halogens is 5. The van der Waals surface area contributed by atoms with Gasteiger partial charge in [-0.05, 0) is 0 Å². The summed E-state index contributed by atoms with van der Waals surface area (Å²) in [6.07, 6.45) is -1.21. The molecule has 0 heterocycles. The van der Waals surface area contributed by atoms with Gasteiger partial charge in [-0.3, -0.25) is 4.18 Å². The summed E-state index contributed by atoms with van der Waals surface area (Å²) in [5.74, 6) is -0.347. The van der Waals surface area contributed by atoms with Crippen LogP contribution >= 0.6 is 27.5 Å². The molecule has 0 radical (unpaired) electrons. The normalized spacial score (nSPS) is 15.8. The third-order valence-electron chi connectivity index (χ3n) is 0.890. The van der Waals surface area contributed by atoms with E-state index in [0.717, 1.165) is 0 Å². The van der Waals surface area contributed by atoms with Crippen LogP contribution in [-0.2, 0) is 14.3 Å². The molecule has 0 N–H and O–H groups in total. The van der Waals surface area contributed by atoms with Crippen molar-refractivity contribution in [2.45, 2.75) is 11.6 Å². The van der Waals surface area contributed by atoms with Gasteiger partial charge >= 0.3 is 15.6 Å². The van der Waals surface area contributed by atoms with E-state index in [1.54, 1.807) is 0 Å². The van der Waals surface area contributed by atoms with Gasteiger partial charge < -0.3 is 0 Å². The molecule has 0 spiro atoms. The minimum Gasteiger partial charge on any atom is -0.258 e. The van der Waals surface area contributed by atoms with E-state index in [4.69, 9.17) is 11.6 Å². The Morgan fingerprint density at radius 3 is 2.15 bits per heavy atom. The van der Waals surface area contributed by atoms with Crippen molar-refractivity contribution >= 4 is 37.6 Å². The topological polar surface area (TPSA) is 43.4 Å². The molecular formula is C4H5BrClF3O3S. The number of hydrogen-bond acceptors (Lipinski definition) is 3. The molecule has 80 valence electrons. The number of rotatable bonds is 4. The van der Waals surface area contributed by atoms with Gasteiger partial charge in [-0.25, -0.2) is 0 Å². The van der Waals surface area contributed by atoms with Crippen LogP contribution in [0.25, 0.3) is 0 Å². The van der Waals surface area contributed by atoms with E-state index in [1.807, 2.05) is 0 Å². The zero-order valence-electron chi connectivity index (χ0n) is 6.01. The van der Waals surface area contributed by atoms with Crippen molar-refractivity contribution in [3.8, 4) is 0 Å². The van der Waals surface area contributed by atoms with Gasteiger partial charge in [0.15, 0.2) is 0 Å². The Morgan fingerprint density at radius 2 is 1.92 bits per heavy atom. The Hall–Kier alpha value is 0.470. The van der Waals surface area contributed by atoms with Crippen LogP contribution in [0.5, 0.6) is 0 Å². The molecule has 0 aliphatic carbocycles. The molecule has 1 atom stereocenters. The molecular weight excluding hydrogens is 300 g/mol. The summed E-state index contributed by atoms with van der Waals surface area (Å²) >= 11 is 7.89. The highest BCUT2D eigenvalue weighted by Crippen LogP contribution is 2.26. The van der Waals surface area contributed by atoms with E-state index < -0.39 is 21.7 Å². The van der Waals surface area contributed by atoms with Crippen molar-refractivity contribution in [2.24, 2.45) is 0 Å². The Morgan fingerprint density at radius 1 is 1.46 bits per heavy atom. The molecule has 9 heteroatoms. The Kier molecular flexibility index (Phi) is 4.98. The largest absolute Gasteiger partial charge is 0.523 e. The fourth-order valence-electron chi connectivity index (χ4n) is 0.326. The van der Waals surface area contributed by atoms with E-state index in [-0.39, 0.29) is 11.2 Å². The van der Waals surface area contributed by atoms with Gasteiger partial charge in [0.1, 0.15) is 6.10 Å². The first-order valence-corrected chi connectivity index (χ1v) is 5.92. The molecule has 0 fully saturated rings. The second kappa shape index (κ2) is 4.81. The molecule has 13 heavy (non-hydrogen) atoms. The second-order valence-electron chi connectivity index (χ2n) is 1.93. The maximum absolute atomic E-state index is 11.7. The van der Waals surface area contributed by atoms with Gasteiger partial charge in [0, 0.05) is 5.33 Å². The molecule has 0 saturated carbocycles. The summed E-state index contributed by atoms with van der Waals surface area (Å²) in [5, 5.41) is -0.0915. The van der Waals surface area contributed by atoms with Gasteiger partial charge in [0.2, 0.25) is 0 Å². The van der Waals surface area contributed by atoms with Crippen LogP contribution in [0.4, 0.5) is 13.2 Å². The molecule has 0 amide bonds. The maximum Gasteiger partial charge on any atom is 0.523 e.